The van der Waals surface area contributed by atoms with Gasteiger partial charge < -0.3 is 4.74 Å². The molecule has 1 unspecified atom stereocenters. The van der Waals surface area contributed by atoms with Crippen LogP contribution >= 0.6 is 0 Å². The van der Waals surface area contributed by atoms with Crippen LogP contribution in [0.1, 0.15) is 31.2 Å². The highest BCUT2D eigenvalue weighted by atomic mass is 32.2. The third-order valence-electron chi connectivity index (χ3n) is 4.79. The van der Waals surface area contributed by atoms with Crippen molar-refractivity contribution in [2.75, 3.05) is 0 Å². The Morgan fingerprint density at radius 3 is 2.10 bits per heavy atom. The fourth-order valence-electron chi connectivity index (χ4n) is 3.49. The van der Waals surface area contributed by atoms with Crippen molar-refractivity contribution in [3.63, 3.8) is 0 Å². The van der Waals surface area contributed by atoms with Crippen LogP contribution in [0.15, 0.2) is 29.2 Å². The minimum Gasteiger partial charge on any atom is -0.370 e. The molecule has 0 aromatic heterocycles. The van der Waals surface area contributed by atoms with Gasteiger partial charge in [0.2, 0.25) is 10.0 Å². The second kappa shape index (κ2) is 4.29. The molecule has 2 heterocycles. The van der Waals surface area contributed by atoms with E-state index >= 15 is 0 Å². The highest BCUT2D eigenvalue weighted by Crippen LogP contribution is 2.46. The van der Waals surface area contributed by atoms with Crippen molar-refractivity contribution in [1.29, 1.82) is 0 Å². The lowest BCUT2D eigenvalue weighted by molar-refractivity contribution is 0.351. The Kier molecular flexibility index (Phi) is 2.75. The van der Waals surface area contributed by atoms with Crippen LogP contribution in [-0.2, 0) is 14.8 Å². The zero-order valence-corrected chi connectivity index (χ0v) is 12.3. The number of aryl methyl sites for hydroxylation is 1. The zero-order valence-electron chi connectivity index (χ0n) is 11.5. The normalized spacial score (nSPS) is 39.1. The molecule has 4 rings (SSSR count). The number of nitrogens with zero attached hydrogens (tertiary/aromatic N) is 1. The maximum Gasteiger partial charge on any atom is 0.243 e. The Bertz CT molecular complexity index is 607. The zero-order chi connectivity index (χ0) is 13.9. The second-order valence-corrected chi connectivity index (χ2v) is 7.99. The van der Waals surface area contributed by atoms with E-state index in [2.05, 4.69) is 0 Å². The molecule has 2 aliphatic heterocycles. The van der Waals surface area contributed by atoms with Gasteiger partial charge in [0.05, 0.1) is 17.1 Å². The van der Waals surface area contributed by atoms with E-state index in [4.69, 9.17) is 4.74 Å². The molecule has 0 N–H and O–H groups in total. The summed E-state index contributed by atoms with van der Waals surface area (Å²) in [5.41, 5.74) is 1.08. The Morgan fingerprint density at radius 1 is 1.00 bits per heavy atom. The molecule has 3 fully saturated rings. The van der Waals surface area contributed by atoms with Crippen molar-refractivity contribution >= 4 is 10.0 Å². The van der Waals surface area contributed by atoms with Gasteiger partial charge in [0, 0.05) is 12.1 Å². The van der Waals surface area contributed by atoms with Crippen LogP contribution in [0.25, 0.3) is 0 Å². The number of hydrogen-bond donors (Lipinski definition) is 0. The van der Waals surface area contributed by atoms with Crippen LogP contribution in [-0.4, -0.2) is 37.0 Å². The van der Waals surface area contributed by atoms with E-state index in [-0.39, 0.29) is 12.1 Å². The van der Waals surface area contributed by atoms with Gasteiger partial charge in [-0.1, -0.05) is 17.7 Å². The molecule has 5 atom stereocenters. The van der Waals surface area contributed by atoms with Crippen LogP contribution in [0, 0.1) is 6.92 Å². The molecule has 4 nitrogen and oxygen atoms in total. The van der Waals surface area contributed by atoms with Crippen LogP contribution < -0.4 is 0 Å². The summed E-state index contributed by atoms with van der Waals surface area (Å²) in [6.45, 7) is 1.97. The van der Waals surface area contributed by atoms with Crippen molar-refractivity contribution < 1.29 is 13.2 Å². The van der Waals surface area contributed by atoms with Crippen LogP contribution in [0.4, 0.5) is 0 Å². The second-order valence-electron chi connectivity index (χ2n) is 6.15. The van der Waals surface area contributed by atoms with Gasteiger partial charge in [0.15, 0.2) is 0 Å². The molecule has 2 saturated heterocycles. The first-order valence-electron chi connectivity index (χ1n) is 7.33. The molecule has 0 bridgehead atoms. The van der Waals surface area contributed by atoms with Gasteiger partial charge in [-0.05, 0) is 44.7 Å². The predicted octanol–water partition coefficient (Wildman–Crippen LogP) is 2.08. The summed E-state index contributed by atoms with van der Waals surface area (Å²) in [6.07, 6.45) is 4.70. The summed E-state index contributed by atoms with van der Waals surface area (Å²) in [5.74, 6) is 0. The minimum absolute atomic E-state index is 0.200. The van der Waals surface area contributed by atoms with Crippen molar-refractivity contribution in [3.8, 4) is 0 Å². The Hall–Kier alpha value is -0.910. The van der Waals surface area contributed by atoms with E-state index < -0.39 is 10.0 Å². The summed E-state index contributed by atoms with van der Waals surface area (Å²) in [5, 5.41) is 0. The minimum atomic E-state index is -3.31. The van der Waals surface area contributed by atoms with Crippen LogP contribution in [0.3, 0.4) is 0 Å². The van der Waals surface area contributed by atoms with Crippen molar-refractivity contribution in [1.82, 2.24) is 4.31 Å². The maximum absolute atomic E-state index is 12.7. The molecule has 1 aliphatic carbocycles. The fourth-order valence-corrected chi connectivity index (χ4v) is 5.37. The Morgan fingerprint density at radius 2 is 1.55 bits per heavy atom. The van der Waals surface area contributed by atoms with E-state index in [0.717, 1.165) is 31.2 Å². The third kappa shape index (κ3) is 2.00. The van der Waals surface area contributed by atoms with Gasteiger partial charge in [0.1, 0.15) is 0 Å². The van der Waals surface area contributed by atoms with Crippen molar-refractivity contribution in [2.24, 2.45) is 0 Å². The molecule has 3 aliphatic rings. The summed E-state index contributed by atoms with van der Waals surface area (Å²) in [4.78, 5) is 0.427. The number of fused-ring (bicyclic) bond motifs is 2. The molecule has 0 spiro atoms. The molecule has 1 aromatic rings. The molecular weight excluding hydrogens is 274 g/mol. The summed E-state index contributed by atoms with van der Waals surface area (Å²) in [7, 11) is -3.31. The van der Waals surface area contributed by atoms with Crippen LogP contribution in [0.2, 0.25) is 0 Å². The summed E-state index contributed by atoms with van der Waals surface area (Å²) in [6, 6.07) is 7.57. The van der Waals surface area contributed by atoms with E-state index in [9.17, 15) is 8.42 Å². The highest BCUT2D eigenvalue weighted by Gasteiger charge is 2.57. The van der Waals surface area contributed by atoms with Gasteiger partial charge in [-0.15, -0.1) is 0 Å². The van der Waals surface area contributed by atoms with Crippen LogP contribution in [0.5, 0.6) is 0 Å². The number of rotatable bonds is 2. The van der Waals surface area contributed by atoms with Gasteiger partial charge in [-0.3, -0.25) is 0 Å². The monoisotopic (exact) mass is 293 g/mol. The number of ether oxygens (including phenoxy) is 1. The van der Waals surface area contributed by atoms with E-state index in [0.29, 0.717) is 17.1 Å². The first-order valence-corrected chi connectivity index (χ1v) is 8.77. The van der Waals surface area contributed by atoms with Gasteiger partial charge in [0.25, 0.3) is 0 Å². The topological polar surface area (TPSA) is 49.7 Å². The Labute approximate surface area is 119 Å². The lowest BCUT2D eigenvalue weighted by Gasteiger charge is -2.07. The first kappa shape index (κ1) is 12.8. The van der Waals surface area contributed by atoms with E-state index in [1.807, 2.05) is 19.1 Å². The molecule has 0 amide bonds. The smallest absolute Gasteiger partial charge is 0.243 e. The standard InChI is InChI=1S/C15H19NO3S/c1-10-2-4-11(5-3-10)20(17,18)16-12-6-8-14-15(19-14)9-7-13(12)16/h2-5,12-15H,6-9H2,1H3/t12-,13+,14+,15-,16?. The summed E-state index contributed by atoms with van der Waals surface area (Å²) < 4.78 is 32.7. The molecule has 1 aromatic carbocycles. The van der Waals surface area contributed by atoms with Crippen molar-refractivity contribution in [3.05, 3.63) is 29.8 Å². The average molecular weight is 293 g/mol. The number of sulfonamides is 1. The lowest BCUT2D eigenvalue weighted by atomic mass is 10.0. The van der Waals surface area contributed by atoms with E-state index in [1.165, 1.54) is 0 Å². The largest absolute Gasteiger partial charge is 0.370 e. The lowest BCUT2D eigenvalue weighted by Crippen LogP contribution is -2.16. The van der Waals surface area contributed by atoms with Gasteiger partial charge in [-0.25, -0.2) is 8.42 Å². The number of benzene rings is 1. The molecule has 1 saturated carbocycles. The molecule has 5 heteroatoms. The summed E-state index contributed by atoms with van der Waals surface area (Å²) >= 11 is 0. The average Bonchev–Trinajstić information content (AvgIpc) is 3.27. The molecule has 20 heavy (non-hydrogen) atoms. The SMILES string of the molecule is Cc1ccc(S(=O)(=O)N2[C@@H]3CC[C@@H]4O[C@@H]4CC[C@@H]32)cc1. The first-order chi connectivity index (χ1) is 9.57. The van der Waals surface area contributed by atoms with E-state index in [1.54, 1.807) is 16.4 Å². The predicted molar refractivity (Wildman–Crippen MR) is 74.9 cm³/mol. The maximum atomic E-state index is 12.7. The number of epoxide rings is 1. The van der Waals surface area contributed by atoms with Gasteiger partial charge >= 0.3 is 0 Å². The highest BCUT2D eigenvalue weighted by molar-refractivity contribution is 7.89. The fraction of sp³-hybridized carbons (Fsp3) is 0.600. The quantitative estimate of drug-likeness (QED) is 0.784. The third-order valence-corrected chi connectivity index (χ3v) is 6.75. The molecule has 108 valence electrons. The molecular formula is C15H19NO3S. The van der Waals surface area contributed by atoms with Crippen molar-refractivity contribution in [2.45, 2.75) is 61.8 Å². The van der Waals surface area contributed by atoms with Gasteiger partial charge in [-0.2, -0.15) is 4.31 Å². The number of hydrogen-bond acceptors (Lipinski definition) is 3. The Balaban J connectivity index is 1.56. The molecule has 0 radical (unpaired) electrons.